The van der Waals surface area contributed by atoms with Gasteiger partial charge in [0.2, 0.25) is 0 Å². The van der Waals surface area contributed by atoms with Crippen molar-refractivity contribution in [2.75, 3.05) is 5.73 Å². The minimum atomic E-state index is -4.54. The normalized spacial score (nSPS) is 11.5. The number of amides is 1. The Hall–Kier alpha value is -2.51. The number of hydrogen-bond acceptors (Lipinski definition) is 3. The van der Waals surface area contributed by atoms with E-state index in [2.05, 4.69) is 5.10 Å². The number of nitrogen functional groups attached to an aromatic ring is 1. The van der Waals surface area contributed by atoms with Crippen molar-refractivity contribution < 1.29 is 18.0 Å². The third-order valence-corrected chi connectivity index (χ3v) is 2.43. The van der Waals surface area contributed by atoms with Gasteiger partial charge in [-0.3, -0.25) is 4.79 Å². The van der Waals surface area contributed by atoms with Crippen LogP contribution < -0.4 is 11.5 Å². The summed E-state index contributed by atoms with van der Waals surface area (Å²) in [7, 11) is 0. The largest absolute Gasteiger partial charge is 0.418 e. The zero-order valence-electron chi connectivity index (χ0n) is 9.48. The van der Waals surface area contributed by atoms with E-state index in [1.54, 1.807) is 0 Å². The van der Waals surface area contributed by atoms with Crippen molar-refractivity contribution in [1.82, 2.24) is 9.78 Å². The van der Waals surface area contributed by atoms with E-state index in [4.69, 9.17) is 11.5 Å². The Bertz CT molecular complexity index is 633. The minimum absolute atomic E-state index is 0.0792. The first kappa shape index (κ1) is 12.9. The zero-order valence-corrected chi connectivity index (χ0v) is 9.48. The third kappa shape index (κ3) is 2.37. The first-order valence-electron chi connectivity index (χ1n) is 5.12. The molecule has 0 saturated heterocycles. The Morgan fingerprint density at radius 2 is 1.89 bits per heavy atom. The molecule has 1 aromatic carbocycles. The molecular formula is C11H9F3N4O. The van der Waals surface area contributed by atoms with E-state index in [0.29, 0.717) is 0 Å². The quantitative estimate of drug-likeness (QED) is 0.868. The molecule has 0 unspecified atom stereocenters. The monoisotopic (exact) mass is 270 g/mol. The highest BCUT2D eigenvalue weighted by Crippen LogP contribution is 2.33. The summed E-state index contributed by atoms with van der Waals surface area (Å²) in [6.07, 6.45) is -3.42. The van der Waals surface area contributed by atoms with Crippen molar-refractivity contribution in [1.29, 1.82) is 0 Å². The Balaban J connectivity index is 2.60. The fourth-order valence-corrected chi connectivity index (χ4v) is 1.62. The fourth-order valence-electron chi connectivity index (χ4n) is 1.62. The molecule has 0 saturated carbocycles. The van der Waals surface area contributed by atoms with E-state index < -0.39 is 17.6 Å². The number of anilines is 1. The molecule has 0 fully saturated rings. The Kier molecular flexibility index (Phi) is 2.93. The molecule has 4 N–H and O–H groups in total. The van der Waals surface area contributed by atoms with Crippen LogP contribution in [0.1, 0.15) is 16.1 Å². The van der Waals surface area contributed by atoms with Crippen molar-refractivity contribution in [2.24, 2.45) is 5.73 Å². The smallest absolute Gasteiger partial charge is 0.396 e. The second-order valence-electron chi connectivity index (χ2n) is 3.76. The standard InChI is InChI=1S/C11H9F3N4O/c12-11(13,14)6-3-1-2-4-8(6)18-5-7(15)9(17-18)10(16)19/h1-5H,15H2,(H2,16,19). The Morgan fingerprint density at radius 3 is 2.42 bits per heavy atom. The molecule has 100 valence electrons. The summed E-state index contributed by atoms with van der Waals surface area (Å²) in [4.78, 5) is 11.0. The average Bonchev–Trinajstić information content (AvgIpc) is 2.70. The molecule has 1 amide bonds. The Labute approximate surface area is 105 Å². The lowest BCUT2D eigenvalue weighted by Crippen LogP contribution is -2.15. The van der Waals surface area contributed by atoms with Gasteiger partial charge in [0.1, 0.15) is 0 Å². The molecule has 0 aliphatic heterocycles. The maximum absolute atomic E-state index is 12.8. The molecule has 8 heteroatoms. The van der Waals surface area contributed by atoms with Gasteiger partial charge in [-0.1, -0.05) is 12.1 Å². The van der Waals surface area contributed by atoms with Crippen LogP contribution in [0.4, 0.5) is 18.9 Å². The molecule has 2 aromatic rings. The second kappa shape index (κ2) is 4.30. The first-order valence-corrected chi connectivity index (χ1v) is 5.12. The predicted octanol–water partition coefficient (Wildman–Crippen LogP) is 1.57. The molecule has 0 bridgehead atoms. The van der Waals surface area contributed by atoms with Gasteiger partial charge >= 0.3 is 6.18 Å². The molecule has 1 heterocycles. The van der Waals surface area contributed by atoms with Gasteiger partial charge in [0.05, 0.1) is 23.1 Å². The molecule has 0 atom stereocenters. The van der Waals surface area contributed by atoms with E-state index in [9.17, 15) is 18.0 Å². The van der Waals surface area contributed by atoms with Gasteiger partial charge in [-0.25, -0.2) is 4.68 Å². The maximum Gasteiger partial charge on any atom is 0.418 e. The summed E-state index contributed by atoms with van der Waals surface area (Å²) < 4.78 is 39.4. The maximum atomic E-state index is 12.8. The highest BCUT2D eigenvalue weighted by Gasteiger charge is 2.34. The van der Waals surface area contributed by atoms with E-state index in [0.717, 1.165) is 16.9 Å². The van der Waals surface area contributed by atoms with Crippen LogP contribution in [0.15, 0.2) is 30.5 Å². The summed E-state index contributed by atoms with van der Waals surface area (Å²) in [5, 5.41) is 3.67. The number of hydrogen-bond donors (Lipinski definition) is 2. The van der Waals surface area contributed by atoms with Gasteiger partial charge in [-0.05, 0) is 12.1 Å². The van der Waals surface area contributed by atoms with Crippen LogP contribution in [0.3, 0.4) is 0 Å². The van der Waals surface area contributed by atoms with E-state index in [-0.39, 0.29) is 17.1 Å². The van der Waals surface area contributed by atoms with Gasteiger partial charge in [-0.15, -0.1) is 0 Å². The van der Waals surface area contributed by atoms with Gasteiger partial charge in [0.15, 0.2) is 5.69 Å². The molecule has 0 radical (unpaired) electrons. The van der Waals surface area contributed by atoms with Crippen LogP contribution in [0, 0.1) is 0 Å². The molecule has 19 heavy (non-hydrogen) atoms. The molecule has 0 spiro atoms. The molecule has 5 nitrogen and oxygen atoms in total. The predicted molar refractivity (Wildman–Crippen MR) is 61.5 cm³/mol. The number of aromatic nitrogens is 2. The van der Waals surface area contributed by atoms with Crippen molar-refractivity contribution in [3.8, 4) is 5.69 Å². The van der Waals surface area contributed by atoms with Crippen molar-refractivity contribution in [3.63, 3.8) is 0 Å². The van der Waals surface area contributed by atoms with Crippen LogP contribution in [0.5, 0.6) is 0 Å². The SMILES string of the molecule is NC(=O)c1nn(-c2ccccc2C(F)(F)F)cc1N. The second-order valence-corrected chi connectivity index (χ2v) is 3.76. The van der Waals surface area contributed by atoms with Gasteiger partial charge in [0.25, 0.3) is 5.91 Å². The molecule has 0 aliphatic carbocycles. The number of alkyl halides is 3. The van der Waals surface area contributed by atoms with Crippen LogP contribution in [0.25, 0.3) is 5.69 Å². The number of primary amides is 1. The van der Waals surface area contributed by atoms with Crippen molar-refractivity contribution in [2.45, 2.75) is 6.18 Å². The number of halogens is 3. The summed E-state index contributed by atoms with van der Waals surface area (Å²) in [6, 6.07) is 4.82. The molecule has 1 aromatic heterocycles. The Morgan fingerprint density at radius 1 is 1.26 bits per heavy atom. The molecule has 0 aliphatic rings. The number of carbonyl (C=O) groups excluding carboxylic acids is 1. The first-order chi connectivity index (χ1) is 8.80. The van der Waals surface area contributed by atoms with Crippen molar-refractivity contribution >= 4 is 11.6 Å². The number of benzene rings is 1. The lowest BCUT2D eigenvalue weighted by molar-refractivity contribution is -0.137. The fraction of sp³-hybridized carbons (Fsp3) is 0.0909. The van der Waals surface area contributed by atoms with Crippen LogP contribution >= 0.6 is 0 Å². The average molecular weight is 270 g/mol. The minimum Gasteiger partial charge on any atom is -0.396 e. The molecular weight excluding hydrogens is 261 g/mol. The summed E-state index contributed by atoms with van der Waals surface area (Å²) in [6.45, 7) is 0. The highest BCUT2D eigenvalue weighted by molar-refractivity contribution is 5.95. The van der Waals surface area contributed by atoms with Gasteiger partial charge < -0.3 is 11.5 Å². The lowest BCUT2D eigenvalue weighted by Gasteiger charge is -2.12. The summed E-state index contributed by atoms with van der Waals surface area (Å²) in [5.74, 6) is -0.902. The number of rotatable bonds is 2. The third-order valence-electron chi connectivity index (χ3n) is 2.43. The number of nitrogens with zero attached hydrogens (tertiary/aromatic N) is 2. The van der Waals surface area contributed by atoms with Crippen molar-refractivity contribution in [3.05, 3.63) is 41.7 Å². The summed E-state index contributed by atoms with van der Waals surface area (Å²) in [5.41, 5.74) is 9.03. The number of para-hydroxylation sites is 1. The number of carbonyl (C=O) groups is 1. The lowest BCUT2D eigenvalue weighted by atomic mass is 10.2. The van der Waals surface area contributed by atoms with Crippen LogP contribution in [-0.4, -0.2) is 15.7 Å². The highest BCUT2D eigenvalue weighted by atomic mass is 19.4. The van der Waals surface area contributed by atoms with E-state index in [1.165, 1.54) is 18.2 Å². The number of nitrogens with two attached hydrogens (primary N) is 2. The van der Waals surface area contributed by atoms with Gasteiger partial charge in [0, 0.05) is 0 Å². The van der Waals surface area contributed by atoms with Crippen LogP contribution in [-0.2, 0) is 6.18 Å². The van der Waals surface area contributed by atoms with E-state index in [1.807, 2.05) is 0 Å². The topological polar surface area (TPSA) is 86.9 Å². The van der Waals surface area contributed by atoms with Gasteiger partial charge in [-0.2, -0.15) is 18.3 Å². The van der Waals surface area contributed by atoms with E-state index >= 15 is 0 Å². The zero-order chi connectivity index (χ0) is 14.2. The molecule has 2 rings (SSSR count). The summed E-state index contributed by atoms with van der Waals surface area (Å²) >= 11 is 0. The van der Waals surface area contributed by atoms with Crippen LogP contribution in [0.2, 0.25) is 0 Å².